The normalized spacial score (nSPS) is 13.6. The van der Waals surface area contributed by atoms with Crippen LogP contribution in [0.15, 0.2) is 27.0 Å². The molecule has 9 heteroatoms. The van der Waals surface area contributed by atoms with E-state index in [4.69, 9.17) is 10.5 Å². The minimum atomic E-state index is -0.305. The Hall–Kier alpha value is -2.42. The van der Waals surface area contributed by atoms with Gasteiger partial charge in [-0.1, -0.05) is 0 Å². The Bertz CT molecular complexity index is 751. The third-order valence-electron chi connectivity index (χ3n) is 2.78. The van der Waals surface area contributed by atoms with Crippen LogP contribution in [0.5, 0.6) is 5.75 Å². The van der Waals surface area contributed by atoms with Gasteiger partial charge in [0.1, 0.15) is 5.75 Å². The van der Waals surface area contributed by atoms with E-state index in [2.05, 4.69) is 15.5 Å². The van der Waals surface area contributed by atoms with Crippen LogP contribution >= 0.6 is 11.8 Å². The molecule has 0 saturated heterocycles. The summed E-state index contributed by atoms with van der Waals surface area (Å²) in [6, 6.07) is 3.34. The summed E-state index contributed by atoms with van der Waals surface area (Å²) in [5.74, 6) is 0.313. The number of fused-ring (bicyclic) bond motifs is 1. The van der Waals surface area contributed by atoms with Gasteiger partial charge in [0.05, 0.1) is 5.69 Å². The maximum absolute atomic E-state index is 11.3. The minimum absolute atomic E-state index is 0.0210. The Morgan fingerprint density at radius 2 is 2.25 bits per heavy atom. The Balaban J connectivity index is 1.98. The van der Waals surface area contributed by atoms with E-state index >= 15 is 0 Å². The summed E-state index contributed by atoms with van der Waals surface area (Å²) in [7, 11) is 1.60. The second-order valence-corrected chi connectivity index (χ2v) is 5.20. The molecule has 0 spiro atoms. The lowest BCUT2D eigenvalue weighted by molar-refractivity contribution is -0.118. The first-order valence-corrected chi connectivity index (χ1v) is 6.51. The number of nitrogen functional groups attached to an aromatic ring is 1. The van der Waals surface area contributed by atoms with Crippen molar-refractivity contribution in [3.8, 4) is 5.75 Å². The molecule has 0 bridgehead atoms. The average molecular weight is 293 g/mol. The summed E-state index contributed by atoms with van der Waals surface area (Å²) in [6.45, 7) is -0.0210. The number of nitrogens with one attached hydrogen (secondary N) is 2. The number of ether oxygens (including phenoxy) is 1. The van der Waals surface area contributed by atoms with Crippen LogP contribution in [-0.2, 0) is 11.8 Å². The summed E-state index contributed by atoms with van der Waals surface area (Å²) in [5, 5.41) is 9.42. The second-order valence-electron chi connectivity index (χ2n) is 4.20. The molecule has 0 radical (unpaired) electrons. The molecule has 8 nitrogen and oxygen atoms in total. The number of benzene rings is 1. The second kappa shape index (κ2) is 4.60. The molecule has 0 atom stereocenters. The zero-order valence-corrected chi connectivity index (χ0v) is 11.3. The van der Waals surface area contributed by atoms with Crippen molar-refractivity contribution < 1.29 is 9.53 Å². The highest BCUT2D eigenvalue weighted by atomic mass is 32.2. The Morgan fingerprint density at radius 1 is 1.45 bits per heavy atom. The standard InChI is InChI=1S/C11H11N5O3S/c1-16-10(18)14-15-11(16)20-8-3-6-7(2-5(8)12)19-4-9(17)13-6/h2-3H,4,12H2,1H3,(H,13,17)(H,14,18). The van der Waals surface area contributed by atoms with Crippen molar-refractivity contribution >= 4 is 29.0 Å². The molecular formula is C11H11N5O3S. The maximum atomic E-state index is 11.3. The number of amides is 1. The summed E-state index contributed by atoms with van der Waals surface area (Å²) in [6.07, 6.45) is 0. The zero-order valence-electron chi connectivity index (χ0n) is 10.5. The molecule has 104 valence electrons. The van der Waals surface area contributed by atoms with Crippen molar-refractivity contribution in [2.24, 2.45) is 7.05 Å². The fraction of sp³-hybridized carbons (Fsp3) is 0.182. The molecule has 0 fully saturated rings. The van der Waals surface area contributed by atoms with Gasteiger partial charge in [-0.25, -0.2) is 9.89 Å². The molecule has 0 aliphatic carbocycles. The fourth-order valence-electron chi connectivity index (χ4n) is 1.73. The molecule has 3 rings (SSSR count). The van der Waals surface area contributed by atoms with Crippen molar-refractivity contribution in [2.45, 2.75) is 10.1 Å². The lowest BCUT2D eigenvalue weighted by Gasteiger charge is -2.19. The predicted octanol–water partition coefficient (Wildman–Crippen LogP) is 0.173. The number of carbonyl (C=O) groups is 1. The fourth-order valence-corrected chi connectivity index (χ4v) is 2.59. The lowest BCUT2D eigenvalue weighted by atomic mass is 10.2. The number of carbonyl (C=O) groups excluding carboxylic acids is 1. The molecule has 2 heterocycles. The highest BCUT2D eigenvalue weighted by Gasteiger charge is 2.19. The number of nitrogens with zero attached hydrogens (tertiary/aromatic N) is 2. The van der Waals surface area contributed by atoms with Crippen LogP contribution in [0.2, 0.25) is 0 Å². The van der Waals surface area contributed by atoms with Crippen molar-refractivity contribution in [1.29, 1.82) is 0 Å². The topological polar surface area (TPSA) is 115 Å². The number of H-pyrrole nitrogens is 1. The van der Waals surface area contributed by atoms with Crippen LogP contribution in [0.1, 0.15) is 0 Å². The van der Waals surface area contributed by atoms with Gasteiger partial charge < -0.3 is 15.8 Å². The minimum Gasteiger partial charge on any atom is -0.482 e. The molecule has 1 aliphatic rings. The third kappa shape index (κ3) is 2.11. The van der Waals surface area contributed by atoms with E-state index in [-0.39, 0.29) is 18.2 Å². The molecule has 4 N–H and O–H groups in total. The molecule has 1 aromatic heterocycles. The van der Waals surface area contributed by atoms with Gasteiger partial charge in [-0.05, 0) is 17.8 Å². The number of rotatable bonds is 2. The van der Waals surface area contributed by atoms with E-state index in [1.165, 1.54) is 16.3 Å². The van der Waals surface area contributed by atoms with Gasteiger partial charge in [-0.2, -0.15) is 0 Å². The Kier molecular flexibility index (Phi) is 2.90. The van der Waals surface area contributed by atoms with Gasteiger partial charge in [0.25, 0.3) is 5.91 Å². The predicted molar refractivity (Wildman–Crippen MR) is 72.9 cm³/mol. The van der Waals surface area contributed by atoms with Crippen LogP contribution in [0, 0.1) is 0 Å². The van der Waals surface area contributed by atoms with E-state index in [1.807, 2.05) is 0 Å². The van der Waals surface area contributed by atoms with E-state index in [1.54, 1.807) is 19.2 Å². The van der Waals surface area contributed by atoms with Crippen molar-refractivity contribution in [3.05, 3.63) is 22.6 Å². The van der Waals surface area contributed by atoms with Crippen LogP contribution < -0.4 is 21.5 Å². The lowest BCUT2D eigenvalue weighted by Crippen LogP contribution is -2.25. The van der Waals surface area contributed by atoms with Crippen molar-refractivity contribution in [2.75, 3.05) is 17.7 Å². The number of nitrogens with two attached hydrogens (primary N) is 1. The van der Waals surface area contributed by atoms with Crippen molar-refractivity contribution in [1.82, 2.24) is 14.8 Å². The molecule has 0 saturated carbocycles. The summed E-state index contributed by atoms with van der Waals surface area (Å²) in [5.41, 5.74) is 6.68. The molecule has 1 amide bonds. The van der Waals surface area contributed by atoms with Gasteiger partial charge in [-0.15, -0.1) is 5.10 Å². The number of anilines is 2. The molecule has 2 aromatic rings. The van der Waals surface area contributed by atoms with Crippen LogP contribution in [-0.4, -0.2) is 27.3 Å². The maximum Gasteiger partial charge on any atom is 0.343 e. The Labute approximate surface area is 117 Å². The summed E-state index contributed by atoms with van der Waals surface area (Å²) >= 11 is 1.22. The first kappa shape index (κ1) is 12.6. The third-order valence-corrected chi connectivity index (χ3v) is 3.91. The highest BCUT2D eigenvalue weighted by molar-refractivity contribution is 7.99. The molecule has 1 aromatic carbocycles. The van der Waals surface area contributed by atoms with E-state index in [9.17, 15) is 9.59 Å². The summed E-state index contributed by atoms with van der Waals surface area (Å²) < 4.78 is 6.64. The first-order valence-electron chi connectivity index (χ1n) is 5.70. The average Bonchev–Trinajstić information content (AvgIpc) is 2.72. The van der Waals surface area contributed by atoms with Crippen LogP contribution in [0.3, 0.4) is 0 Å². The number of hydrogen-bond acceptors (Lipinski definition) is 6. The smallest absolute Gasteiger partial charge is 0.343 e. The van der Waals surface area contributed by atoms with Gasteiger partial charge >= 0.3 is 5.69 Å². The zero-order chi connectivity index (χ0) is 14.3. The highest BCUT2D eigenvalue weighted by Crippen LogP contribution is 2.38. The molecule has 1 aliphatic heterocycles. The Morgan fingerprint density at radius 3 is 2.95 bits per heavy atom. The largest absolute Gasteiger partial charge is 0.482 e. The number of aromatic amines is 1. The van der Waals surface area contributed by atoms with Gasteiger partial charge in [0.15, 0.2) is 11.8 Å². The van der Waals surface area contributed by atoms with E-state index in [0.717, 1.165) is 0 Å². The van der Waals surface area contributed by atoms with Gasteiger partial charge in [0.2, 0.25) is 0 Å². The molecule has 0 unspecified atom stereocenters. The monoisotopic (exact) mass is 293 g/mol. The first-order chi connectivity index (χ1) is 9.54. The van der Waals surface area contributed by atoms with E-state index < -0.39 is 0 Å². The van der Waals surface area contributed by atoms with Gasteiger partial charge in [-0.3, -0.25) is 9.36 Å². The molecule has 20 heavy (non-hydrogen) atoms. The summed E-state index contributed by atoms with van der Waals surface area (Å²) in [4.78, 5) is 23.3. The number of aromatic nitrogens is 3. The van der Waals surface area contributed by atoms with E-state index in [0.29, 0.717) is 27.2 Å². The SMILES string of the molecule is Cn1c(Sc2cc3c(cc2N)OCC(=O)N3)n[nH]c1=O. The van der Waals surface area contributed by atoms with Crippen LogP contribution in [0.4, 0.5) is 11.4 Å². The quantitative estimate of drug-likeness (QED) is 0.680. The van der Waals surface area contributed by atoms with Crippen molar-refractivity contribution in [3.63, 3.8) is 0 Å². The number of hydrogen-bond donors (Lipinski definition) is 3. The van der Waals surface area contributed by atoms with Crippen LogP contribution in [0.25, 0.3) is 0 Å². The van der Waals surface area contributed by atoms with Gasteiger partial charge in [0, 0.05) is 23.7 Å². The molecular weight excluding hydrogens is 282 g/mol.